The molecule has 0 saturated heterocycles. The number of benzene rings is 2. The first-order valence-electron chi connectivity index (χ1n) is 8.43. The SMILES string of the molecule is O=C(N/N=C/c1ccc(Cl)cc1Cl)/C(=C/c1cccs1)NC(=O)c1ccccc1. The molecule has 0 aliphatic rings. The third-order valence-corrected chi connectivity index (χ3v) is 5.07. The van der Waals surface area contributed by atoms with Gasteiger partial charge in [-0.1, -0.05) is 53.5 Å². The fraction of sp³-hybridized carbons (Fsp3) is 0. The Hall–Kier alpha value is -2.93. The van der Waals surface area contributed by atoms with Gasteiger partial charge >= 0.3 is 0 Å². The molecule has 29 heavy (non-hydrogen) atoms. The number of hydrogen-bond acceptors (Lipinski definition) is 4. The Morgan fingerprint density at radius 3 is 2.48 bits per heavy atom. The maximum absolute atomic E-state index is 12.6. The van der Waals surface area contributed by atoms with Gasteiger partial charge in [0.15, 0.2) is 0 Å². The number of carbonyl (C=O) groups is 2. The monoisotopic (exact) mass is 443 g/mol. The smallest absolute Gasteiger partial charge is 0.287 e. The van der Waals surface area contributed by atoms with E-state index in [2.05, 4.69) is 15.8 Å². The molecule has 2 aromatic carbocycles. The van der Waals surface area contributed by atoms with Crippen LogP contribution in [0.3, 0.4) is 0 Å². The van der Waals surface area contributed by atoms with E-state index >= 15 is 0 Å². The normalized spacial score (nSPS) is 11.4. The van der Waals surface area contributed by atoms with Crippen molar-refractivity contribution < 1.29 is 9.59 Å². The summed E-state index contributed by atoms with van der Waals surface area (Å²) in [4.78, 5) is 25.9. The van der Waals surface area contributed by atoms with Gasteiger partial charge in [-0.15, -0.1) is 11.3 Å². The largest absolute Gasteiger partial charge is 0.317 e. The number of thiophene rings is 1. The van der Waals surface area contributed by atoms with Crippen molar-refractivity contribution in [2.24, 2.45) is 5.10 Å². The first-order valence-corrected chi connectivity index (χ1v) is 10.1. The van der Waals surface area contributed by atoms with Gasteiger partial charge in [0, 0.05) is 21.0 Å². The third-order valence-electron chi connectivity index (χ3n) is 3.69. The Morgan fingerprint density at radius 1 is 1.00 bits per heavy atom. The van der Waals surface area contributed by atoms with Crippen LogP contribution in [0.25, 0.3) is 6.08 Å². The molecule has 0 radical (unpaired) electrons. The Kier molecular flexibility index (Phi) is 7.19. The van der Waals surface area contributed by atoms with Gasteiger partial charge < -0.3 is 5.32 Å². The molecule has 0 fully saturated rings. The summed E-state index contributed by atoms with van der Waals surface area (Å²) >= 11 is 13.4. The number of rotatable bonds is 6. The zero-order valence-electron chi connectivity index (χ0n) is 14.9. The molecule has 0 spiro atoms. The molecule has 0 bridgehead atoms. The lowest BCUT2D eigenvalue weighted by molar-refractivity contribution is -0.117. The molecule has 5 nitrogen and oxygen atoms in total. The topological polar surface area (TPSA) is 70.6 Å². The van der Waals surface area contributed by atoms with E-state index < -0.39 is 11.8 Å². The highest BCUT2D eigenvalue weighted by Crippen LogP contribution is 2.19. The standard InChI is InChI=1S/C21H15Cl2N3O2S/c22-16-9-8-15(18(23)11-16)13-24-26-21(28)19(12-17-7-4-10-29-17)25-20(27)14-5-2-1-3-6-14/h1-13H,(H,25,27)(H,26,28)/b19-12-,24-13+. The van der Waals surface area contributed by atoms with E-state index in [1.54, 1.807) is 48.5 Å². The molecule has 0 aliphatic carbocycles. The van der Waals surface area contributed by atoms with Crippen molar-refractivity contribution in [3.63, 3.8) is 0 Å². The minimum Gasteiger partial charge on any atom is -0.317 e. The number of hydrazone groups is 1. The summed E-state index contributed by atoms with van der Waals surface area (Å²) in [6, 6.07) is 17.2. The van der Waals surface area contributed by atoms with Gasteiger partial charge in [-0.3, -0.25) is 9.59 Å². The van der Waals surface area contributed by atoms with Crippen LogP contribution in [0.1, 0.15) is 20.8 Å². The number of amides is 2. The van der Waals surface area contributed by atoms with Gasteiger partial charge in [0.2, 0.25) is 0 Å². The molecule has 2 amide bonds. The second-order valence-corrected chi connectivity index (χ2v) is 7.58. The number of hydrogen-bond donors (Lipinski definition) is 2. The minimum atomic E-state index is -0.566. The van der Waals surface area contributed by atoms with Crippen LogP contribution in [0.15, 0.2) is 76.8 Å². The highest BCUT2D eigenvalue weighted by atomic mass is 35.5. The van der Waals surface area contributed by atoms with E-state index in [0.29, 0.717) is 21.2 Å². The molecule has 0 atom stereocenters. The number of carbonyl (C=O) groups excluding carboxylic acids is 2. The van der Waals surface area contributed by atoms with Crippen LogP contribution in [0.4, 0.5) is 0 Å². The van der Waals surface area contributed by atoms with E-state index in [1.165, 1.54) is 17.6 Å². The molecule has 1 heterocycles. The van der Waals surface area contributed by atoms with Crippen LogP contribution in [0, 0.1) is 0 Å². The van der Waals surface area contributed by atoms with Crippen molar-refractivity contribution in [2.75, 3.05) is 0 Å². The summed E-state index contributed by atoms with van der Waals surface area (Å²) in [6.45, 7) is 0. The molecule has 3 aromatic rings. The molecule has 2 N–H and O–H groups in total. The predicted octanol–water partition coefficient (Wildman–Crippen LogP) is 4.98. The van der Waals surface area contributed by atoms with E-state index in [1.807, 2.05) is 23.6 Å². The van der Waals surface area contributed by atoms with Crippen molar-refractivity contribution in [3.05, 3.63) is 97.8 Å². The van der Waals surface area contributed by atoms with Gasteiger partial charge in [-0.25, -0.2) is 5.43 Å². The predicted molar refractivity (Wildman–Crippen MR) is 118 cm³/mol. The number of halogens is 2. The van der Waals surface area contributed by atoms with Crippen molar-refractivity contribution in [3.8, 4) is 0 Å². The third kappa shape index (κ3) is 6.02. The van der Waals surface area contributed by atoms with E-state index in [4.69, 9.17) is 23.2 Å². The van der Waals surface area contributed by atoms with Crippen molar-refractivity contribution in [1.82, 2.24) is 10.7 Å². The highest BCUT2D eigenvalue weighted by molar-refractivity contribution is 7.10. The highest BCUT2D eigenvalue weighted by Gasteiger charge is 2.14. The van der Waals surface area contributed by atoms with Gasteiger partial charge in [-0.05, 0) is 41.8 Å². The maximum atomic E-state index is 12.6. The average Bonchev–Trinajstić information content (AvgIpc) is 3.23. The molecular weight excluding hydrogens is 429 g/mol. The summed E-state index contributed by atoms with van der Waals surface area (Å²) < 4.78 is 0. The van der Waals surface area contributed by atoms with Crippen molar-refractivity contribution >= 4 is 58.6 Å². The van der Waals surface area contributed by atoms with Crippen molar-refractivity contribution in [1.29, 1.82) is 0 Å². The van der Waals surface area contributed by atoms with Crippen LogP contribution < -0.4 is 10.7 Å². The Bertz CT molecular complexity index is 1060. The number of nitrogens with zero attached hydrogens (tertiary/aromatic N) is 1. The molecule has 0 saturated carbocycles. The molecule has 0 aliphatic heterocycles. The van der Waals surface area contributed by atoms with Crippen LogP contribution in [-0.4, -0.2) is 18.0 Å². The zero-order valence-corrected chi connectivity index (χ0v) is 17.3. The molecule has 1 aromatic heterocycles. The van der Waals surface area contributed by atoms with Gasteiger partial charge in [0.05, 0.1) is 11.2 Å². The summed E-state index contributed by atoms with van der Waals surface area (Å²) in [6.07, 6.45) is 2.99. The Morgan fingerprint density at radius 2 is 1.79 bits per heavy atom. The summed E-state index contributed by atoms with van der Waals surface area (Å²) in [7, 11) is 0. The van der Waals surface area contributed by atoms with Crippen LogP contribution >= 0.6 is 34.5 Å². The lowest BCUT2D eigenvalue weighted by atomic mass is 10.2. The Labute approximate surface area is 181 Å². The average molecular weight is 444 g/mol. The minimum absolute atomic E-state index is 0.0701. The van der Waals surface area contributed by atoms with Crippen LogP contribution in [0.2, 0.25) is 10.0 Å². The van der Waals surface area contributed by atoms with E-state index in [-0.39, 0.29) is 5.70 Å². The van der Waals surface area contributed by atoms with Crippen molar-refractivity contribution in [2.45, 2.75) is 0 Å². The van der Waals surface area contributed by atoms with Gasteiger partial charge in [-0.2, -0.15) is 5.10 Å². The summed E-state index contributed by atoms with van der Waals surface area (Å²) in [5.41, 5.74) is 3.50. The first kappa shape index (κ1) is 20.8. The fourth-order valence-electron chi connectivity index (χ4n) is 2.28. The van der Waals surface area contributed by atoms with Gasteiger partial charge in [0.25, 0.3) is 11.8 Å². The molecular formula is C21H15Cl2N3O2S. The zero-order chi connectivity index (χ0) is 20.6. The fourth-order valence-corrected chi connectivity index (χ4v) is 3.40. The lowest BCUT2D eigenvalue weighted by Crippen LogP contribution is -2.32. The summed E-state index contributed by atoms with van der Waals surface area (Å²) in [5, 5.41) is 9.34. The van der Waals surface area contributed by atoms with Crippen LogP contribution in [-0.2, 0) is 4.79 Å². The summed E-state index contributed by atoms with van der Waals surface area (Å²) in [5.74, 6) is -0.961. The maximum Gasteiger partial charge on any atom is 0.287 e. The van der Waals surface area contributed by atoms with E-state index in [9.17, 15) is 9.59 Å². The number of nitrogens with one attached hydrogen (secondary N) is 2. The second kappa shape index (κ2) is 10.0. The molecule has 8 heteroatoms. The Balaban J connectivity index is 1.76. The quantitative estimate of drug-likeness (QED) is 0.320. The van der Waals surface area contributed by atoms with E-state index in [0.717, 1.165) is 4.88 Å². The molecule has 3 rings (SSSR count). The molecule has 146 valence electrons. The van der Waals surface area contributed by atoms with Gasteiger partial charge in [0.1, 0.15) is 5.70 Å². The first-order chi connectivity index (χ1) is 14.0. The molecule has 0 unspecified atom stereocenters. The lowest BCUT2D eigenvalue weighted by Gasteiger charge is -2.08. The second-order valence-electron chi connectivity index (χ2n) is 5.76. The van der Waals surface area contributed by atoms with Crippen LogP contribution in [0.5, 0.6) is 0 Å².